The standard InChI is InChI=1S/C18H16BrN3O3/c19-12-9-20-21(10-12)16(23)11-5-7-13(8-6-11)22-17(24)14-3-1-2-4-15(14)18(22)25/h5-10,14-15H,1-4H2/t14-,15-/m0/s1. The highest BCUT2D eigenvalue weighted by atomic mass is 79.9. The lowest BCUT2D eigenvalue weighted by Gasteiger charge is -2.19. The predicted octanol–water partition coefficient (Wildman–Crippen LogP) is 3.01. The summed E-state index contributed by atoms with van der Waals surface area (Å²) < 4.78 is 1.95. The molecular formula is C18H16BrN3O3. The average molecular weight is 402 g/mol. The maximum Gasteiger partial charge on any atom is 0.278 e. The molecule has 1 aliphatic heterocycles. The molecule has 0 spiro atoms. The Morgan fingerprint density at radius 2 is 1.64 bits per heavy atom. The number of hydrogen-bond acceptors (Lipinski definition) is 4. The van der Waals surface area contributed by atoms with Gasteiger partial charge in [-0.3, -0.25) is 19.3 Å². The molecule has 0 bridgehead atoms. The van der Waals surface area contributed by atoms with Crippen LogP contribution < -0.4 is 4.90 Å². The number of rotatable bonds is 2. The Morgan fingerprint density at radius 3 is 2.16 bits per heavy atom. The van der Waals surface area contributed by atoms with E-state index in [4.69, 9.17) is 0 Å². The van der Waals surface area contributed by atoms with Crippen LogP contribution in [-0.4, -0.2) is 27.5 Å². The van der Waals surface area contributed by atoms with Crippen LogP contribution in [0.3, 0.4) is 0 Å². The third-order valence-electron chi connectivity index (χ3n) is 4.97. The van der Waals surface area contributed by atoms with E-state index in [9.17, 15) is 14.4 Å². The van der Waals surface area contributed by atoms with Crippen molar-refractivity contribution in [2.45, 2.75) is 25.7 Å². The molecule has 4 rings (SSSR count). The zero-order valence-electron chi connectivity index (χ0n) is 13.4. The van der Waals surface area contributed by atoms with Crippen LogP contribution in [0.4, 0.5) is 5.69 Å². The normalized spacial score (nSPS) is 23.0. The molecule has 2 aliphatic rings. The second kappa shape index (κ2) is 6.22. The number of nitrogens with zero attached hydrogens (tertiary/aromatic N) is 3. The van der Waals surface area contributed by atoms with E-state index in [0.29, 0.717) is 15.7 Å². The van der Waals surface area contributed by atoms with Gasteiger partial charge in [0.15, 0.2) is 0 Å². The van der Waals surface area contributed by atoms with E-state index < -0.39 is 0 Å². The monoisotopic (exact) mass is 401 g/mol. The van der Waals surface area contributed by atoms with Crippen molar-refractivity contribution in [1.82, 2.24) is 9.78 Å². The van der Waals surface area contributed by atoms with Gasteiger partial charge in [0.05, 0.1) is 28.2 Å². The van der Waals surface area contributed by atoms with Crippen molar-refractivity contribution in [2.24, 2.45) is 11.8 Å². The summed E-state index contributed by atoms with van der Waals surface area (Å²) in [6, 6.07) is 6.55. The largest absolute Gasteiger partial charge is 0.278 e. The van der Waals surface area contributed by atoms with Gasteiger partial charge in [0, 0.05) is 11.8 Å². The molecular weight excluding hydrogens is 386 g/mol. The van der Waals surface area contributed by atoms with Gasteiger partial charge in [0.25, 0.3) is 5.91 Å². The number of amides is 2. The molecule has 1 aromatic carbocycles. The molecule has 2 atom stereocenters. The summed E-state index contributed by atoms with van der Waals surface area (Å²) in [6.07, 6.45) is 6.69. The van der Waals surface area contributed by atoms with Crippen LogP contribution >= 0.6 is 15.9 Å². The molecule has 0 radical (unpaired) electrons. The van der Waals surface area contributed by atoms with E-state index in [1.165, 1.54) is 15.8 Å². The van der Waals surface area contributed by atoms with Crippen LogP contribution in [0.1, 0.15) is 36.0 Å². The zero-order valence-corrected chi connectivity index (χ0v) is 15.0. The van der Waals surface area contributed by atoms with Crippen LogP contribution in [0.2, 0.25) is 0 Å². The van der Waals surface area contributed by atoms with Gasteiger partial charge in [-0.15, -0.1) is 0 Å². The van der Waals surface area contributed by atoms with E-state index in [-0.39, 0.29) is 29.6 Å². The van der Waals surface area contributed by atoms with Gasteiger partial charge in [0.1, 0.15) is 0 Å². The van der Waals surface area contributed by atoms with Crippen molar-refractivity contribution in [2.75, 3.05) is 4.90 Å². The van der Waals surface area contributed by atoms with Crippen molar-refractivity contribution in [3.05, 3.63) is 46.7 Å². The molecule has 0 unspecified atom stereocenters. The molecule has 1 saturated heterocycles. The number of halogens is 1. The minimum Gasteiger partial charge on any atom is -0.274 e. The maximum absolute atomic E-state index is 12.6. The Balaban J connectivity index is 1.59. The molecule has 0 N–H and O–H groups in total. The van der Waals surface area contributed by atoms with Gasteiger partial charge in [0.2, 0.25) is 11.8 Å². The number of carbonyl (C=O) groups excluding carboxylic acids is 3. The maximum atomic E-state index is 12.6. The number of carbonyl (C=O) groups is 3. The first kappa shape index (κ1) is 16.2. The molecule has 25 heavy (non-hydrogen) atoms. The van der Waals surface area contributed by atoms with Gasteiger partial charge >= 0.3 is 0 Å². The summed E-state index contributed by atoms with van der Waals surface area (Å²) >= 11 is 3.26. The first-order valence-electron chi connectivity index (χ1n) is 8.29. The molecule has 6 nitrogen and oxygen atoms in total. The van der Waals surface area contributed by atoms with Gasteiger partial charge < -0.3 is 0 Å². The first-order valence-corrected chi connectivity index (χ1v) is 9.08. The van der Waals surface area contributed by atoms with Gasteiger partial charge in [-0.05, 0) is 53.0 Å². The Kier molecular flexibility index (Phi) is 4.03. The topological polar surface area (TPSA) is 72.3 Å². The van der Waals surface area contributed by atoms with Crippen LogP contribution in [0.5, 0.6) is 0 Å². The first-order chi connectivity index (χ1) is 12.1. The summed E-state index contributed by atoms with van der Waals surface area (Å²) in [5.74, 6) is -0.840. The van der Waals surface area contributed by atoms with Crippen molar-refractivity contribution in [1.29, 1.82) is 0 Å². The second-order valence-electron chi connectivity index (χ2n) is 6.46. The van der Waals surface area contributed by atoms with Crippen LogP contribution in [0.25, 0.3) is 0 Å². The molecule has 2 aromatic rings. The van der Waals surface area contributed by atoms with Gasteiger partial charge in [-0.25, -0.2) is 4.68 Å². The number of hydrogen-bond donors (Lipinski definition) is 0. The van der Waals surface area contributed by atoms with E-state index in [2.05, 4.69) is 21.0 Å². The third kappa shape index (κ3) is 2.72. The minimum absolute atomic E-state index is 0.107. The van der Waals surface area contributed by atoms with Crippen LogP contribution in [0, 0.1) is 11.8 Å². The van der Waals surface area contributed by atoms with Crippen LogP contribution in [0.15, 0.2) is 41.1 Å². The van der Waals surface area contributed by atoms with Crippen molar-refractivity contribution < 1.29 is 14.4 Å². The fourth-order valence-electron chi connectivity index (χ4n) is 3.71. The zero-order chi connectivity index (χ0) is 17.6. The average Bonchev–Trinajstić information content (AvgIpc) is 3.17. The Labute approximate surface area is 152 Å². The van der Waals surface area contributed by atoms with Crippen molar-refractivity contribution in [3.63, 3.8) is 0 Å². The lowest BCUT2D eigenvalue weighted by molar-refractivity contribution is -0.122. The minimum atomic E-state index is -0.273. The lowest BCUT2D eigenvalue weighted by atomic mass is 9.81. The highest BCUT2D eigenvalue weighted by Gasteiger charge is 2.48. The van der Waals surface area contributed by atoms with E-state index in [1.807, 2.05) is 0 Å². The number of fused-ring (bicyclic) bond motifs is 1. The molecule has 1 aliphatic carbocycles. The lowest BCUT2D eigenvalue weighted by Crippen LogP contribution is -2.30. The van der Waals surface area contributed by atoms with Crippen molar-refractivity contribution >= 4 is 39.3 Å². The van der Waals surface area contributed by atoms with E-state index >= 15 is 0 Å². The van der Waals surface area contributed by atoms with Gasteiger partial charge in [-0.1, -0.05) is 12.8 Å². The molecule has 128 valence electrons. The quantitative estimate of drug-likeness (QED) is 0.724. The highest BCUT2D eigenvalue weighted by Crippen LogP contribution is 2.40. The fourth-order valence-corrected chi connectivity index (χ4v) is 4.00. The molecule has 1 saturated carbocycles. The van der Waals surface area contributed by atoms with Crippen molar-refractivity contribution in [3.8, 4) is 0 Å². The highest BCUT2D eigenvalue weighted by molar-refractivity contribution is 9.10. The smallest absolute Gasteiger partial charge is 0.274 e. The van der Waals surface area contributed by atoms with Crippen LogP contribution in [-0.2, 0) is 9.59 Å². The number of anilines is 1. The summed E-state index contributed by atoms with van der Waals surface area (Å²) in [4.78, 5) is 38.9. The number of aromatic nitrogens is 2. The fraction of sp³-hybridized carbons (Fsp3) is 0.333. The Hall–Kier alpha value is -2.28. The summed E-state index contributed by atoms with van der Waals surface area (Å²) in [6.45, 7) is 0. The second-order valence-corrected chi connectivity index (χ2v) is 7.38. The SMILES string of the molecule is O=C1[C@H]2CCCC[C@@H]2C(=O)N1c1ccc(C(=O)n2cc(Br)cn2)cc1. The predicted molar refractivity (Wildman–Crippen MR) is 94.0 cm³/mol. The van der Waals surface area contributed by atoms with E-state index in [1.54, 1.807) is 30.5 Å². The summed E-state index contributed by atoms with van der Waals surface area (Å²) in [7, 11) is 0. The molecule has 2 amide bonds. The molecule has 2 fully saturated rings. The summed E-state index contributed by atoms with van der Waals surface area (Å²) in [5, 5.41) is 3.97. The number of benzene rings is 1. The Bertz CT molecular complexity index is 835. The summed E-state index contributed by atoms with van der Waals surface area (Å²) in [5.41, 5.74) is 0.971. The molecule has 1 aromatic heterocycles. The Morgan fingerprint density at radius 1 is 1.04 bits per heavy atom. The molecule has 2 heterocycles. The number of imide groups is 1. The molecule has 7 heteroatoms. The van der Waals surface area contributed by atoms with E-state index in [0.717, 1.165) is 25.7 Å². The third-order valence-corrected chi connectivity index (χ3v) is 5.38. The van der Waals surface area contributed by atoms with Gasteiger partial charge in [-0.2, -0.15) is 5.10 Å².